The maximum atomic E-state index is 12.8. The van der Waals surface area contributed by atoms with E-state index in [2.05, 4.69) is 30.1 Å². The highest BCUT2D eigenvalue weighted by molar-refractivity contribution is 6.58. The number of piperazine rings is 1. The average molecular weight is 546 g/mol. The van der Waals surface area contributed by atoms with Crippen molar-refractivity contribution in [2.24, 2.45) is 10.1 Å². The minimum absolute atomic E-state index is 0. The number of benzene rings is 2. The number of nitrogens with one attached hydrogen (secondary N) is 2. The number of aromatic hydroxyl groups is 1. The summed E-state index contributed by atoms with van der Waals surface area (Å²) < 4.78 is 42.5. The molecule has 2 aliphatic heterocycles. The van der Waals surface area contributed by atoms with Gasteiger partial charge in [-0.15, -0.1) is 38.0 Å². The molecule has 1 saturated heterocycles. The van der Waals surface area contributed by atoms with Crippen molar-refractivity contribution in [3.8, 4) is 11.6 Å². The van der Waals surface area contributed by atoms with Crippen LogP contribution >= 0.6 is 24.8 Å². The van der Waals surface area contributed by atoms with Crippen molar-refractivity contribution in [1.29, 1.82) is 0 Å². The monoisotopic (exact) mass is 545 g/mol. The molecule has 0 atom stereocenters. The van der Waals surface area contributed by atoms with Crippen LogP contribution < -0.4 is 10.1 Å². The largest absolute Gasteiger partial charge is 0.573 e. The smallest absolute Gasteiger partial charge is 0.494 e. The summed E-state index contributed by atoms with van der Waals surface area (Å²) in [6, 6.07) is 11.1. The number of halogens is 5. The maximum Gasteiger partial charge on any atom is 0.573 e. The summed E-state index contributed by atoms with van der Waals surface area (Å²) in [4.78, 5) is 15.3. The van der Waals surface area contributed by atoms with Gasteiger partial charge in [0.05, 0.1) is 11.3 Å². The molecular formula is C23H24Cl2F3N5O3. The highest BCUT2D eigenvalue weighted by Gasteiger charge is 2.34. The zero-order chi connectivity index (χ0) is 23.7. The first-order valence-corrected chi connectivity index (χ1v) is 10.8. The van der Waals surface area contributed by atoms with E-state index in [1.54, 1.807) is 6.07 Å². The number of hydrogen-bond donors (Lipinski definition) is 3. The molecule has 5 rings (SSSR count). The van der Waals surface area contributed by atoms with E-state index in [0.717, 1.165) is 26.2 Å². The molecular weight excluding hydrogens is 522 g/mol. The second-order valence-corrected chi connectivity index (χ2v) is 7.95. The van der Waals surface area contributed by atoms with Crippen molar-refractivity contribution in [1.82, 2.24) is 15.2 Å². The summed E-state index contributed by atoms with van der Waals surface area (Å²) in [6.45, 7) is 4.56. The van der Waals surface area contributed by atoms with E-state index in [-0.39, 0.29) is 42.2 Å². The van der Waals surface area contributed by atoms with Gasteiger partial charge in [0.1, 0.15) is 23.8 Å². The molecule has 0 saturated carbocycles. The van der Waals surface area contributed by atoms with Gasteiger partial charge >= 0.3 is 6.36 Å². The Morgan fingerprint density at radius 1 is 1.08 bits per heavy atom. The topological polar surface area (TPSA) is 94.5 Å². The predicted octanol–water partition coefficient (Wildman–Crippen LogP) is 4.38. The van der Waals surface area contributed by atoms with Crippen molar-refractivity contribution in [3.63, 3.8) is 0 Å². The Hall–Kier alpha value is -2.99. The predicted molar refractivity (Wildman–Crippen MR) is 136 cm³/mol. The molecule has 3 N–H and O–H groups in total. The van der Waals surface area contributed by atoms with Crippen molar-refractivity contribution in [2.75, 3.05) is 39.3 Å². The van der Waals surface area contributed by atoms with Crippen LogP contribution in [0.15, 0.2) is 52.6 Å². The quantitative estimate of drug-likeness (QED) is 0.315. The van der Waals surface area contributed by atoms with Crippen LogP contribution in [0.1, 0.15) is 11.1 Å². The van der Waals surface area contributed by atoms with E-state index in [1.807, 2.05) is 18.2 Å². The number of nitrogens with zero attached hydrogens (tertiary/aromatic N) is 3. The Morgan fingerprint density at radius 3 is 2.58 bits per heavy atom. The zero-order valence-corrected chi connectivity index (χ0v) is 20.5. The first-order chi connectivity index (χ1) is 16.4. The normalized spacial score (nSPS) is 16.8. The fourth-order valence-electron chi connectivity index (χ4n) is 4.15. The second kappa shape index (κ2) is 11.4. The van der Waals surface area contributed by atoms with Gasteiger partial charge in [0.25, 0.3) is 0 Å². The Bertz CT molecular complexity index is 1270. The molecule has 2 aromatic carbocycles. The van der Waals surface area contributed by atoms with Crippen LogP contribution in [0.4, 0.5) is 18.9 Å². The van der Waals surface area contributed by atoms with Crippen LogP contribution in [-0.4, -0.2) is 72.1 Å². The number of oxime groups is 1. The molecule has 1 aromatic heterocycles. The number of rotatable bonds is 6. The van der Waals surface area contributed by atoms with Gasteiger partial charge in [-0.3, -0.25) is 4.90 Å². The number of alkyl halides is 3. The second-order valence-electron chi connectivity index (χ2n) is 7.95. The Kier molecular flexibility index (Phi) is 8.72. The SMILES string of the molecule is Cl.Cl.Oc1[nH]c2ccccc2c1C1=Nc2ccc(OC(F)(F)F)cc2/C1=N\OCCN1CCNCC1. The number of fused-ring (bicyclic) bond motifs is 2. The lowest BCUT2D eigenvalue weighted by Crippen LogP contribution is -2.44. The molecule has 36 heavy (non-hydrogen) atoms. The number of aromatic nitrogens is 1. The Morgan fingerprint density at radius 2 is 1.83 bits per heavy atom. The van der Waals surface area contributed by atoms with E-state index in [4.69, 9.17) is 4.84 Å². The Balaban J connectivity index is 0.00000180. The molecule has 194 valence electrons. The molecule has 0 spiro atoms. The molecule has 0 bridgehead atoms. The third kappa shape index (κ3) is 5.86. The maximum absolute atomic E-state index is 12.8. The lowest BCUT2D eigenvalue weighted by Gasteiger charge is -2.26. The summed E-state index contributed by atoms with van der Waals surface area (Å²) >= 11 is 0. The summed E-state index contributed by atoms with van der Waals surface area (Å²) in [5.74, 6) is -0.507. The van der Waals surface area contributed by atoms with E-state index in [1.165, 1.54) is 18.2 Å². The first kappa shape index (κ1) is 27.6. The Labute approximate surface area is 217 Å². The molecule has 0 aliphatic carbocycles. The highest BCUT2D eigenvalue weighted by Crippen LogP contribution is 2.38. The van der Waals surface area contributed by atoms with Crippen molar-refractivity contribution in [3.05, 3.63) is 53.6 Å². The zero-order valence-electron chi connectivity index (χ0n) is 18.8. The van der Waals surface area contributed by atoms with Gasteiger partial charge in [0.2, 0.25) is 0 Å². The lowest BCUT2D eigenvalue weighted by atomic mass is 10.0. The third-order valence-electron chi connectivity index (χ3n) is 5.70. The summed E-state index contributed by atoms with van der Waals surface area (Å²) in [6.07, 6.45) is -4.83. The summed E-state index contributed by atoms with van der Waals surface area (Å²) in [5.41, 5.74) is 2.34. The molecule has 8 nitrogen and oxygen atoms in total. The lowest BCUT2D eigenvalue weighted by molar-refractivity contribution is -0.274. The molecule has 2 aliphatic rings. The molecule has 0 unspecified atom stereocenters. The van der Waals surface area contributed by atoms with Gasteiger partial charge in [-0.05, 0) is 24.3 Å². The van der Waals surface area contributed by atoms with Gasteiger partial charge in [-0.2, -0.15) is 0 Å². The van der Waals surface area contributed by atoms with Crippen LogP contribution in [0.3, 0.4) is 0 Å². The van der Waals surface area contributed by atoms with E-state index >= 15 is 0 Å². The fourth-order valence-corrected chi connectivity index (χ4v) is 4.15. The number of hydrogen-bond acceptors (Lipinski definition) is 7. The standard InChI is InChI=1S/C23H22F3N5O3.2ClH/c24-23(25,26)34-14-5-6-18-16(13-14)20(30-33-12-11-31-9-7-27-8-10-31)21(28-18)19-15-3-1-2-4-17(15)29-22(19)32;;/h1-6,13,27,29,32H,7-12H2;2*1H/b30-20+;;. The van der Waals surface area contributed by atoms with E-state index in [0.29, 0.717) is 46.6 Å². The molecule has 3 heterocycles. The average Bonchev–Trinajstić information content (AvgIpc) is 3.32. The van der Waals surface area contributed by atoms with Crippen LogP contribution in [0.2, 0.25) is 0 Å². The van der Waals surface area contributed by atoms with Crippen LogP contribution in [0.5, 0.6) is 11.6 Å². The van der Waals surface area contributed by atoms with Crippen LogP contribution in [0.25, 0.3) is 10.9 Å². The van der Waals surface area contributed by atoms with E-state index < -0.39 is 6.36 Å². The van der Waals surface area contributed by atoms with Gasteiger partial charge in [-0.1, -0.05) is 23.4 Å². The number of ether oxygens (including phenoxy) is 1. The molecule has 13 heteroatoms. The van der Waals surface area contributed by atoms with Crippen molar-refractivity contribution < 1.29 is 27.9 Å². The van der Waals surface area contributed by atoms with Gasteiger partial charge in [0.15, 0.2) is 5.88 Å². The van der Waals surface area contributed by atoms with Crippen molar-refractivity contribution >= 4 is 52.8 Å². The minimum atomic E-state index is -4.83. The molecule has 1 fully saturated rings. The van der Waals surface area contributed by atoms with E-state index in [9.17, 15) is 18.3 Å². The number of H-pyrrole nitrogens is 1. The fraction of sp³-hybridized carbons (Fsp3) is 0.304. The number of para-hydroxylation sites is 1. The number of aromatic amines is 1. The van der Waals surface area contributed by atoms with Gasteiger partial charge in [0, 0.05) is 49.2 Å². The summed E-state index contributed by atoms with van der Waals surface area (Å²) in [7, 11) is 0. The first-order valence-electron chi connectivity index (χ1n) is 10.8. The molecule has 0 radical (unpaired) electrons. The summed E-state index contributed by atoms with van der Waals surface area (Å²) in [5, 5.41) is 18.9. The molecule has 3 aromatic rings. The highest BCUT2D eigenvalue weighted by atomic mass is 35.5. The van der Waals surface area contributed by atoms with Gasteiger partial charge in [-0.25, -0.2) is 4.99 Å². The van der Waals surface area contributed by atoms with Crippen LogP contribution in [0, 0.1) is 0 Å². The minimum Gasteiger partial charge on any atom is -0.494 e. The molecule has 0 amide bonds. The third-order valence-corrected chi connectivity index (χ3v) is 5.70. The number of aliphatic imine (C=N–C) groups is 1. The van der Waals surface area contributed by atoms with Gasteiger partial charge < -0.3 is 25.0 Å². The van der Waals surface area contributed by atoms with Crippen LogP contribution in [-0.2, 0) is 4.84 Å². The van der Waals surface area contributed by atoms with Crippen molar-refractivity contribution in [2.45, 2.75) is 6.36 Å².